The molecule has 0 unspecified atom stereocenters. The third kappa shape index (κ3) is 4.93. The maximum atomic E-state index is 12.1. The molecular weight excluding hydrogens is 310 g/mol. The zero-order valence-electron chi connectivity index (χ0n) is 13.4. The summed E-state index contributed by atoms with van der Waals surface area (Å²) in [4.78, 5) is 25.0. The van der Waals surface area contributed by atoms with Crippen LogP contribution < -0.4 is 5.32 Å². The van der Waals surface area contributed by atoms with Crippen molar-refractivity contribution < 1.29 is 14.3 Å². The minimum absolute atomic E-state index is 0.0776. The van der Waals surface area contributed by atoms with Crippen molar-refractivity contribution in [2.75, 3.05) is 11.9 Å². The van der Waals surface area contributed by atoms with Gasteiger partial charge < -0.3 is 10.1 Å². The molecule has 0 atom stereocenters. The smallest absolute Gasteiger partial charge is 0.341 e. The van der Waals surface area contributed by atoms with E-state index in [1.807, 2.05) is 43.3 Å². The topological polar surface area (TPSA) is 55.4 Å². The molecule has 2 aromatic rings. The second kappa shape index (κ2) is 8.48. The summed E-state index contributed by atoms with van der Waals surface area (Å²) in [6.45, 7) is 4.02. The molecule has 0 fully saturated rings. The van der Waals surface area contributed by atoms with Crippen LogP contribution in [0.25, 0.3) is 0 Å². The zero-order valence-corrected chi connectivity index (χ0v) is 14.2. The van der Waals surface area contributed by atoms with Crippen molar-refractivity contribution in [1.29, 1.82) is 0 Å². The Bertz CT molecular complexity index is 664. The van der Waals surface area contributed by atoms with Gasteiger partial charge in [-0.2, -0.15) is 0 Å². The molecule has 0 bridgehead atoms. The van der Waals surface area contributed by atoms with Gasteiger partial charge in [0.05, 0.1) is 12.2 Å². The summed E-state index contributed by atoms with van der Waals surface area (Å²) in [5, 5.41) is 3.41. The predicted molar refractivity (Wildman–Crippen MR) is 93.1 cm³/mol. The Labute approximate surface area is 140 Å². The molecule has 1 aromatic heterocycles. The van der Waals surface area contributed by atoms with Crippen molar-refractivity contribution in [3.8, 4) is 0 Å². The van der Waals surface area contributed by atoms with E-state index in [-0.39, 0.29) is 5.91 Å². The van der Waals surface area contributed by atoms with Gasteiger partial charge in [-0.1, -0.05) is 37.3 Å². The number of nitrogens with one attached hydrogen (secondary N) is 1. The number of benzene rings is 1. The Morgan fingerprint density at radius 2 is 1.91 bits per heavy atom. The predicted octanol–water partition coefficient (Wildman–Crippen LogP) is 4.25. The van der Waals surface area contributed by atoms with Crippen LogP contribution in [0.5, 0.6) is 0 Å². The number of rotatable bonds is 7. The molecule has 0 spiro atoms. The molecule has 0 saturated heterocycles. The van der Waals surface area contributed by atoms with Crippen molar-refractivity contribution in [2.45, 2.75) is 33.1 Å². The maximum absolute atomic E-state index is 12.1. The van der Waals surface area contributed by atoms with Gasteiger partial charge in [-0.3, -0.25) is 4.79 Å². The van der Waals surface area contributed by atoms with Crippen molar-refractivity contribution in [1.82, 2.24) is 0 Å². The molecule has 2 rings (SSSR count). The van der Waals surface area contributed by atoms with Gasteiger partial charge in [0, 0.05) is 17.7 Å². The van der Waals surface area contributed by atoms with Crippen LogP contribution in [0.15, 0.2) is 36.4 Å². The van der Waals surface area contributed by atoms with Crippen molar-refractivity contribution in [3.05, 3.63) is 52.4 Å². The molecule has 1 aromatic carbocycles. The molecule has 1 heterocycles. The molecule has 122 valence electrons. The lowest BCUT2D eigenvalue weighted by Crippen LogP contribution is -2.13. The van der Waals surface area contributed by atoms with Crippen LogP contribution in [-0.2, 0) is 16.0 Å². The lowest BCUT2D eigenvalue weighted by molar-refractivity contribution is -0.116. The van der Waals surface area contributed by atoms with E-state index in [1.165, 1.54) is 11.3 Å². The van der Waals surface area contributed by atoms with Gasteiger partial charge in [-0.25, -0.2) is 4.79 Å². The maximum Gasteiger partial charge on any atom is 0.341 e. The third-order valence-corrected chi connectivity index (χ3v) is 4.28. The van der Waals surface area contributed by atoms with E-state index in [9.17, 15) is 9.59 Å². The molecule has 5 heteroatoms. The SMILES string of the molecule is CCCC(=O)Nc1sc(Cc2ccccc2)cc1C(=O)OCC. The van der Waals surface area contributed by atoms with Crippen LogP contribution >= 0.6 is 11.3 Å². The molecule has 0 saturated carbocycles. The number of hydrogen-bond acceptors (Lipinski definition) is 4. The molecule has 23 heavy (non-hydrogen) atoms. The number of carbonyl (C=O) groups is 2. The van der Waals surface area contributed by atoms with Crippen LogP contribution in [0.4, 0.5) is 5.00 Å². The summed E-state index contributed by atoms with van der Waals surface area (Å²) in [7, 11) is 0. The summed E-state index contributed by atoms with van der Waals surface area (Å²) >= 11 is 1.43. The van der Waals surface area contributed by atoms with E-state index < -0.39 is 5.97 Å². The van der Waals surface area contributed by atoms with Crippen LogP contribution in [0.2, 0.25) is 0 Å². The Hall–Kier alpha value is -2.14. The average Bonchev–Trinajstić information content (AvgIpc) is 2.91. The summed E-state index contributed by atoms with van der Waals surface area (Å²) in [5.74, 6) is -0.471. The molecule has 1 amide bonds. The number of hydrogen-bond donors (Lipinski definition) is 1. The Morgan fingerprint density at radius 3 is 2.57 bits per heavy atom. The minimum Gasteiger partial charge on any atom is -0.462 e. The summed E-state index contributed by atoms with van der Waals surface area (Å²) in [5.41, 5.74) is 1.60. The van der Waals surface area contributed by atoms with Gasteiger partial charge in [0.2, 0.25) is 5.91 Å². The van der Waals surface area contributed by atoms with E-state index in [0.717, 1.165) is 23.3 Å². The first-order chi connectivity index (χ1) is 11.1. The monoisotopic (exact) mass is 331 g/mol. The molecule has 4 nitrogen and oxygen atoms in total. The van der Waals surface area contributed by atoms with Gasteiger partial charge >= 0.3 is 5.97 Å². The Balaban J connectivity index is 2.23. The van der Waals surface area contributed by atoms with Crippen molar-refractivity contribution in [3.63, 3.8) is 0 Å². The summed E-state index contributed by atoms with van der Waals surface area (Å²) in [6.07, 6.45) is 1.93. The highest BCUT2D eigenvalue weighted by Crippen LogP contribution is 2.30. The minimum atomic E-state index is -0.394. The Kier molecular flexibility index (Phi) is 6.35. The number of thiophene rings is 1. The highest BCUT2D eigenvalue weighted by Gasteiger charge is 2.19. The standard InChI is InChI=1S/C18H21NO3S/c1-3-8-16(20)19-17-15(18(21)22-4-2)12-14(23-17)11-13-9-6-5-7-10-13/h5-7,9-10,12H,3-4,8,11H2,1-2H3,(H,19,20). The first kappa shape index (κ1) is 17.2. The fourth-order valence-electron chi connectivity index (χ4n) is 2.20. The number of carbonyl (C=O) groups excluding carboxylic acids is 2. The van der Waals surface area contributed by atoms with E-state index in [2.05, 4.69) is 5.32 Å². The van der Waals surface area contributed by atoms with Gasteiger partial charge in [0.15, 0.2) is 0 Å². The van der Waals surface area contributed by atoms with E-state index in [4.69, 9.17) is 4.74 Å². The molecule has 0 aliphatic carbocycles. The number of anilines is 1. The van der Waals surface area contributed by atoms with Crippen LogP contribution in [0.1, 0.15) is 47.5 Å². The molecule has 1 N–H and O–H groups in total. The number of ether oxygens (including phenoxy) is 1. The van der Waals surface area contributed by atoms with Crippen LogP contribution in [0.3, 0.4) is 0 Å². The van der Waals surface area contributed by atoms with Crippen molar-refractivity contribution >= 4 is 28.2 Å². The van der Waals surface area contributed by atoms with Gasteiger partial charge in [-0.05, 0) is 25.0 Å². The average molecular weight is 331 g/mol. The van der Waals surface area contributed by atoms with Crippen molar-refractivity contribution in [2.24, 2.45) is 0 Å². The highest BCUT2D eigenvalue weighted by molar-refractivity contribution is 7.16. The normalized spacial score (nSPS) is 10.3. The van der Waals surface area contributed by atoms with Crippen LogP contribution in [0, 0.1) is 0 Å². The molecular formula is C18H21NO3S. The van der Waals surface area contributed by atoms with Gasteiger partial charge in [-0.15, -0.1) is 11.3 Å². The second-order valence-electron chi connectivity index (χ2n) is 5.14. The van der Waals surface area contributed by atoms with E-state index >= 15 is 0 Å². The lowest BCUT2D eigenvalue weighted by atomic mass is 10.1. The fraction of sp³-hybridized carbons (Fsp3) is 0.333. The van der Waals surface area contributed by atoms with E-state index in [0.29, 0.717) is 23.6 Å². The summed E-state index contributed by atoms with van der Waals surface area (Å²) in [6, 6.07) is 11.8. The fourth-order valence-corrected chi connectivity index (χ4v) is 3.29. The third-order valence-electron chi connectivity index (χ3n) is 3.23. The first-order valence-corrected chi connectivity index (χ1v) is 8.59. The number of amides is 1. The molecule has 0 aliphatic heterocycles. The summed E-state index contributed by atoms with van der Waals surface area (Å²) < 4.78 is 5.09. The molecule has 0 aliphatic rings. The zero-order chi connectivity index (χ0) is 16.7. The quantitative estimate of drug-likeness (QED) is 0.772. The largest absolute Gasteiger partial charge is 0.462 e. The molecule has 0 radical (unpaired) electrons. The van der Waals surface area contributed by atoms with Gasteiger partial charge in [0.1, 0.15) is 5.00 Å². The second-order valence-corrected chi connectivity index (χ2v) is 6.27. The number of esters is 1. The van der Waals surface area contributed by atoms with Gasteiger partial charge in [0.25, 0.3) is 0 Å². The van der Waals surface area contributed by atoms with E-state index in [1.54, 1.807) is 6.92 Å². The first-order valence-electron chi connectivity index (χ1n) is 7.77. The highest BCUT2D eigenvalue weighted by atomic mass is 32.1. The van der Waals surface area contributed by atoms with Crippen LogP contribution in [-0.4, -0.2) is 18.5 Å². The lowest BCUT2D eigenvalue weighted by Gasteiger charge is -2.05. The Morgan fingerprint density at radius 1 is 1.17 bits per heavy atom.